The van der Waals surface area contributed by atoms with Gasteiger partial charge in [0.05, 0.1) is 13.2 Å². The maximum Gasteiger partial charge on any atom is 0.472 e. The number of phosphoric ester groups is 1. The van der Waals surface area contributed by atoms with Gasteiger partial charge in [0.25, 0.3) is 0 Å². The van der Waals surface area contributed by atoms with Gasteiger partial charge in [0.15, 0.2) is 0 Å². The Balaban J connectivity index is 2.43. The van der Waals surface area contributed by atoms with Gasteiger partial charge < -0.3 is 39.9 Å². The molecular formula is C48H83O12P. The zero-order chi connectivity index (χ0) is 44.8. The van der Waals surface area contributed by atoms with E-state index in [0.717, 1.165) is 109 Å². The molecule has 0 heterocycles. The molecule has 6 unspecified atom stereocenters. The van der Waals surface area contributed by atoms with Crippen molar-refractivity contribution in [1.29, 1.82) is 0 Å². The van der Waals surface area contributed by atoms with Crippen molar-refractivity contribution in [3.05, 3.63) is 72.9 Å². The number of unbranched alkanes of at least 4 members (excludes halogenated alkanes) is 14. The van der Waals surface area contributed by atoms with Gasteiger partial charge in [-0.2, -0.15) is 0 Å². The summed E-state index contributed by atoms with van der Waals surface area (Å²) in [6.07, 6.45) is 36.8. The van der Waals surface area contributed by atoms with E-state index in [1.807, 2.05) is 0 Å². The number of phosphoric acid groups is 1. The molecule has 0 bridgehead atoms. The van der Waals surface area contributed by atoms with E-state index in [-0.39, 0.29) is 13.0 Å². The molecule has 1 saturated carbocycles. The highest BCUT2D eigenvalue weighted by molar-refractivity contribution is 7.47. The Morgan fingerprint density at radius 1 is 0.541 bits per heavy atom. The van der Waals surface area contributed by atoms with Crippen LogP contribution in [0.15, 0.2) is 72.9 Å². The van der Waals surface area contributed by atoms with Crippen molar-refractivity contribution in [3.8, 4) is 0 Å². The zero-order valence-electron chi connectivity index (χ0n) is 37.4. The van der Waals surface area contributed by atoms with Crippen LogP contribution in [0.2, 0.25) is 0 Å². The van der Waals surface area contributed by atoms with E-state index in [9.17, 15) is 39.8 Å². The largest absolute Gasteiger partial charge is 0.472 e. The van der Waals surface area contributed by atoms with Crippen molar-refractivity contribution in [3.63, 3.8) is 0 Å². The van der Waals surface area contributed by atoms with Gasteiger partial charge in [-0.25, -0.2) is 4.57 Å². The summed E-state index contributed by atoms with van der Waals surface area (Å²) < 4.78 is 34.2. The molecule has 0 amide bonds. The first-order valence-corrected chi connectivity index (χ1v) is 24.8. The van der Waals surface area contributed by atoms with E-state index in [1.54, 1.807) is 0 Å². The third kappa shape index (κ3) is 30.5. The predicted molar refractivity (Wildman–Crippen MR) is 244 cm³/mol. The number of carbonyl (C=O) groups is 1. The molecule has 0 aromatic rings. The van der Waals surface area contributed by atoms with E-state index in [0.29, 0.717) is 13.0 Å². The second-order valence-corrected chi connectivity index (χ2v) is 17.3. The number of aliphatic hydroxyl groups excluding tert-OH is 5. The maximum absolute atomic E-state index is 12.8. The lowest BCUT2D eigenvalue weighted by Crippen LogP contribution is -2.64. The Morgan fingerprint density at radius 2 is 0.967 bits per heavy atom. The van der Waals surface area contributed by atoms with E-state index in [4.69, 9.17) is 18.5 Å². The van der Waals surface area contributed by atoms with Crippen molar-refractivity contribution in [1.82, 2.24) is 0 Å². The van der Waals surface area contributed by atoms with E-state index < -0.39 is 63.1 Å². The Kier molecular flexibility index (Phi) is 35.6. The van der Waals surface area contributed by atoms with Crippen molar-refractivity contribution in [2.75, 3.05) is 19.8 Å². The number of aliphatic hydroxyl groups is 5. The summed E-state index contributed by atoms with van der Waals surface area (Å²) in [5, 5.41) is 50.2. The van der Waals surface area contributed by atoms with Gasteiger partial charge in [-0.1, -0.05) is 145 Å². The van der Waals surface area contributed by atoms with Crippen LogP contribution in [-0.4, -0.2) is 98.9 Å². The average Bonchev–Trinajstić information content (AvgIpc) is 3.24. The van der Waals surface area contributed by atoms with Crippen LogP contribution in [0.5, 0.6) is 0 Å². The SMILES string of the molecule is CC/C=C\C/C=C\C/C=C\C/C=C\CCCCCCCOCC(COP(=O)(O)OC1C(O)C(O)C(O)C(O)C1O)OC(=O)CCCCCCC/C=C\C/C=C\CCCCCC. The fourth-order valence-electron chi connectivity index (χ4n) is 6.61. The highest BCUT2D eigenvalue weighted by atomic mass is 31.2. The number of allylic oxidation sites excluding steroid dienone is 12. The van der Waals surface area contributed by atoms with Gasteiger partial charge in [0, 0.05) is 13.0 Å². The summed E-state index contributed by atoms with van der Waals surface area (Å²) in [4.78, 5) is 23.2. The minimum absolute atomic E-state index is 0.0991. The van der Waals surface area contributed by atoms with Crippen LogP contribution < -0.4 is 0 Å². The Morgan fingerprint density at radius 3 is 1.48 bits per heavy atom. The van der Waals surface area contributed by atoms with Gasteiger partial charge in [0.1, 0.15) is 42.7 Å². The normalized spacial score (nSPS) is 22.8. The minimum atomic E-state index is -5.03. The summed E-state index contributed by atoms with van der Waals surface area (Å²) in [5.74, 6) is -0.501. The molecule has 0 spiro atoms. The number of ether oxygens (including phenoxy) is 2. The highest BCUT2D eigenvalue weighted by Gasteiger charge is 2.51. The van der Waals surface area contributed by atoms with Crippen LogP contribution in [0.25, 0.3) is 0 Å². The summed E-state index contributed by atoms with van der Waals surface area (Å²) in [5.41, 5.74) is 0. The molecule has 0 saturated heterocycles. The molecule has 61 heavy (non-hydrogen) atoms. The first kappa shape index (κ1) is 56.8. The molecule has 6 atom stereocenters. The topological polar surface area (TPSA) is 192 Å². The average molecular weight is 883 g/mol. The Hall–Kier alpha value is -2.22. The molecule has 0 aliphatic heterocycles. The molecule has 1 aliphatic carbocycles. The van der Waals surface area contributed by atoms with E-state index >= 15 is 0 Å². The second-order valence-electron chi connectivity index (χ2n) is 15.9. The fraction of sp³-hybridized carbons (Fsp3) is 0.729. The van der Waals surface area contributed by atoms with Crippen LogP contribution in [0.4, 0.5) is 0 Å². The summed E-state index contributed by atoms with van der Waals surface area (Å²) >= 11 is 0. The number of esters is 1. The van der Waals surface area contributed by atoms with E-state index in [1.165, 1.54) is 25.7 Å². The van der Waals surface area contributed by atoms with Crippen molar-refractivity contribution in [2.24, 2.45) is 0 Å². The first-order valence-electron chi connectivity index (χ1n) is 23.3. The summed E-state index contributed by atoms with van der Waals surface area (Å²) in [7, 11) is -5.03. The smallest absolute Gasteiger partial charge is 0.457 e. The lowest BCUT2D eigenvalue weighted by molar-refractivity contribution is -0.220. The van der Waals surface area contributed by atoms with Crippen molar-refractivity contribution < 1.29 is 58.3 Å². The van der Waals surface area contributed by atoms with Crippen LogP contribution in [0.1, 0.15) is 162 Å². The molecule has 0 radical (unpaired) electrons. The van der Waals surface area contributed by atoms with Gasteiger partial charge in [-0.15, -0.1) is 0 Å². The number of rotatable bonds is 38. The summed E-state index contributed by atoms with van der Waals surface area (Å²) in [6, 6.07) is 0. The molecule has 1 fully saturated rings. The monoisotopic (exact) mass is 883 g/mol. The standard InChI is InChI=1S/C48H83O12P/c1-3-5-7-9-11-13-15-17-19-21-22-24-26-28-30-32-34-36-38-57-39-41(40-58-61(55,56)60-48-46(53)44(51)43(50)45(52)47(48)54)59-42(49)37-35-33-31-29-27-25-23-20-18-16-14-12-10-8-6-4-2/h5,7,11,13-14,16-17,19-20,22-24,41,43-48,50-54H,3-4,6,8-10,12,15,18,21,25-40H2,1-2H3,(H,55,56)/b7-5-,13-11-,16-14-,19-17-,23-20-,24-22-. The summed E-state index contributed by atoms with van der Waals surface area (Å²) in [6.45, 7) is 4.06. The fourth-order valence-corrected chi connectivity index (χ4v) is 7.58. The van der Waals surface area contributed by atoms with Crippen LogP contribution in [0, 0.1) is 0 Å². The van der Waals surface area contributed by atoms with Crippen molar-refractivity contribution >= 4 is 13.8 Å². The molecule has 1 aliphatic rings. The quantitative estimate of drug-likeness (QED) is 0.0149. The van der Waals surface area contributed by atoms with Crippen LogP contribution in [0.3, 0.4) is 0 Å². The second kappa shape index (κ2) is 38.3. The predicted octanol–water partition coefficient (Wildman–Crippen LogP) is 9.58. The van der Waals surface area contributed by atoms with Crippen LogP contribution in [-0.2, 0) is 27.9 Å². The first-order chi connectivity index (χ1) is 29.5. The molecule has 6 N–H and O–H groups in total. The third-order valence-electron chi connectivity index (χ3n) is 10.3. The van der Waals surface area contributed by atoms with Gasteiger partial charge in [-0.05, 0) is 83.5 Å². The van der Waals surface area contributed by atoms with Gasteiger partial charge >= 0.3 is 13.8 Å². The number of hydrogen-bond donors (Lipinski definition) is 6. The zero-order valence-corrected chi connectivity index (χ0v) is 38.3. The molecule has 12 nitrogen and oxygen atoms in total. The number of carbonyl (C=O) groups excluding carboxylic acids is 1. The van der Waals surface area contributed by atoms with E-state index in [2.05, 4.69) is 86.8 Å². The highest BCUT2D eigenvalue weighted by Crippen LogP contribution is 2.47. The van der Waals surface area contributed by atoms with Gasteiger partial charge in [0.2, 0.25) is 0 Å². The minimum Gasteiger partial charge on any atom is -0.457 e. The lowest BCUT2D eigenvalue weighted by Gasteiger charge is -2.41. The molecular weight excluding hydrogens is 799 g/mol. The van der Waals surface area contributed by atoms with Gasteiger partial charge in [-0.3, -0.25) is 13.8 Å². The molecule has 352 valence electrons. The number of hydrogen-bond acceptors (Lipinski definition) is 11. The molecule has 0 aromatic heterocycles. The van der Waals surface area contributed by atoms with Crippen LogP contribution >= 0.6 is 7.82 Å². The Labute approximate surface area is 368 Å². The molecule has 0 aromatic carbocycles. The molecule has 1 rings (SSSR count). The van der Waals surface area contributed by atoms with Crippen molar-refractivity contribution in [2.45, 2.75) is 204 Å². The maximum atomic E-state index is 12.8. The molecule has 13 heteroatoms. The lowest BCUT2D eigenvalue weighted by atomic mass is 9.85. The Bertz CT molecular complexity index is 1280. The third-order valence-corrected chi connectivity index (χ3v) is 11.3.